The predicted molar refractivity (Wildman–Crippen MR) is 323 cm³/mol. The molecule has 91 heavy (non-hydrogen) atoms. The van der Waals surface area contributed by atoms with Gasteiger partial charge in [-0.3, -0.25) is 86.5 Å². The number of ketones is 5. The summed E-state index contributed by atoms with van der Waals surface area (Å²) in [5.41, 5.74) is 4.62. The van der Waals surface area contributed by atoms with Gasteiger partial charge in [0.1, 0.15) is 47.0 Å². The largest absolute Gasteiger partial charge is 0.508 e. The van der Waals surface area contributed by atoms with Crippen LogP contribution in [0.4, 0.5) is 5.69 Å². The van der Waals surface area contributed by atoms with Crippen molar-refractivity contribution in [1.29, 1.82) is 0 Å². The summed E-state index contributed by atoms with van der Waals surface area (Å²) in [6, 6.07) is 0.854. The number of phenolic OH excluding ortho intramolecular Hbond substituents is 1. The number of amides is 8. The summed E-state index contributed by atoms with van der Waals surface area (Å²) in [5, 5.41) is 55.2. The number of nitro groups is 1. The number of hydrogen-bond donors (Lipinski definition) is 9. The average Bonchev–Trinajstić information content (AvgIpc) is 1.79. The van der Waals surface area contributed by atoms with Gasteiger partial charge in [0, 0.05) is 111 Å². The number of Topliss-reactive ketones (excluding diaryl/α,β-unsaturated/α-hetero) is 5. The molecule has 2 aromatic carbocycles. The molecule has 0 saturated carbocycles. The molecule has 0 radical (unpaired) electrons. The Morgan fingerprint density at radius 1 is 0.857 bits per heavy atom. The Morgan fingerprint density at radius 2 is 1.58 bits per heavy atom. The quantitative estimate of drug-likeness (QED) is 0.0190. The number of aromatic amines is 1. The number of H-pyrrole nitrogens is 1. The lowest BCUT2D eigenvalue weighted by Crippen LogP contribution is -2.58. The molecule has 4 aliphatic rings. The number of nitro benzene ring substituents is 1. The van der Waals surface area contributed by atoms with Gasteiger partial charge < -0.3 is 52.2 Å². The third-order valence-electron chi connectivity index (χ3n) is 16.8. The van der Waals surface area contributed by atoms with Crippen LogP contribution in [0.3, 0.4) is 0 Å². The molecule has 10 N–H and O–H groups in total. The fraction of sp³-hybridized carbons (Fsp3) is 0.508. The highest BCUT2D eigenvalue weighted by atomic mass is 32.2. The second-order valence-corrected chi connectivity index (χ2v) is 24.8. The number of hydrogen-bond acceptors (Lipinski definition) is 20. The number of unbranched alkanes of at least 4 members (excludes halogenated alkanes) is 2. The minimum Gasteiger partial charge on any atom is -0.508 e. The van der Waals surface area contributed by atoms with Gasteiger partial charge in [0.25, 0.3) is 17.5 Å². The van der Waals surface area contributed by atoms with Crippen LogP contribution in [0.15, 0.2) is 58.6 Å². The fourth-order valence-corrected chi connectivity index (χ4v) is 13.1. The molecular weight excluding hydrogens is 1210 g/mol. The minimum atomic E-state index is -2.38. The van der Waals surface area contributed by atoms with Crippen molar-refractivity contribution in [1.82, 2.24) is 36.1 Å². The van der Waals surface area contributed by atoms with Crippen LogP contribution in [0.5, 0.6) is 5.75 Å². The van der Waals surface area contributed by atoms with Crippen molar-refractivity contribution in [3.63, 3.8) is 0 Å². The topological polar surface area (TPSA) is 452 Å². The van der Waals surface area contributed by atoms with E-state index in [2.05, 4.69) is 31.2 Å². The van der Waals surface area contributed by atoms with Crippen molar-refractivity contribution < 1.29 is 86.8 Å². The molecule has 2 bridgehead atoms. The van der Waals surface area contributed by atoms with Crippen molar-refractivity contribution >= 4 is 109 Å². The highest BCUT2D eigenvalue weighted by Gasteiger charge is 2.45. The zero-order valence-corrected chi connectivity index (χ0v) is 51.2. The number of fused-ring (bicyclic) bond motifs is 5. The fourth-order valence-electron chi connectivity index (χ4n) is 11.6. The number of nitrogens with one attached hydrogen (secondary N) is 5. The van der Waals surface area contributed by atoms with Crippen molar-refractivity contribution in [2.24, 2.45) is 34.4 Å². The first-order valence-electron chi connectivity index (χ1n) is 29.9. The van der Waals surface area contributed by atoms with Crippen molar-refractivity contribution in [3.05, 3.63) is 75.4 Å². The Hall–Kier alpha value is -9.03. The number of imide groups is 1. The number of aliphatic hydroxyl groups excluding tert-OH is 2. The number of aliphatic hydroxyl groups is 2. The molecule has 1 aromatic heterocycles. The Morgan fingerprint density at radius 3 is 2.26 bits per heavy atom. The van der Waals surface area contributed by atoms with Crippen LogP contribution < -0.4 is 27.0 Å². The molecule has 4 aliphatic heterocycles. The molecule has 29 nitrogen and oxygen atoms in total. The first-order chi connectivity index (χ1) is 43.2. The summed E-state index contributed by atoms with van der Waals surface area (Å²) in [5.74, 6) is -16.6. The van der Waals surface area contributed by atoms with E-state index in [-0.39, 0.29) is 63.7 Å². The van der Waals surface area contributed by atoms with Crippen LogP contribution in [0.2, 0.25) is 0 Å². The van der Waals surface area contributed by atoms with Crippen LogP contribution in [0.25, 0.3) is 10.9 Å². The van der Waals surface area contributed by atoms with Crippen LogP contribution in [-0.2, 0) is 81.2 Å². The number of carbonyl (C=O) groups is 13. The highest BCUT2D eigenvalue weighted by molar-refractivity contribution is 7.85. The third-order valence-corrected chi connectivity index (χ3v) is 18.3. The molecule has 1 fully saturated rings. The van der Waals surface area contributed by atoms with Gasteiger partial charge in [0.2, 0.25) is 35.4 Å². The van der Waals surface area contributed by atoms with Crippen LogP contribution in [0, 0.1) is 33.8 Å². The van der Waals surface area contributed by atoms with E-state index in [0.29, 0.717) is 25.7 Å². The Balaban J connectivity index is 1.26. The number of nitrogens with zero attached hydrogens (tertiary/aromatic N) is 4. The molecule has 1 saturated heterocycles. The van der Waals surface area contributed by atoms with E-state index in [0.717, 1.165) is 21.9 Å². The van der Waals surface area contributed by atoms with Gasteiger partial charge in [-0.2, -0.15) is 0 Å². The molecular formula is C61H74N10O19S. The van der Waals surface area contributed by atoms with E-state index >= 15 is 4.79 Å². The van der Waals surface area contributed by atoms with E-state index in [1.165, 1.54) is 43.3 Å². The number of aromatic nitrogens is 1. The van der Waals surface area contributed by atoms with E-state index in [1.54, 1.807) is 13.8 Å². The summed E-state index contributed by atoms with van der Waals surface area (Å²) < 4.78 is 15.0. The van der Waals surface area contributed by atoms with E-state index in [1.807, 2.05) is 0 Å². The van der Waals surface area contributed by atoms with Gasteiger partial charge in [0.15, 0.2) is 17.3 Å². The van der Waals surface area contributed by atoms with Crippen LogP contribution in [0.1, 0.15) is 113 Å². The van der Waals surface area contributed by atoms with Crippen molar-refractivity contribution in [2.75, 3.05) is 38.5 Å². The maximum absolute atomic E-state index is 15.4. The number of phenols is 1. The zero-order chi connectivity index (χ0) is 66.5. The molecule has 488 valence electrons. The SMILES string of the molecule is CC[C@@H](C)[C@@H]1NC(=O)CCC(=O)[C@H]2CC(=O)[C@H]([C@H](C)C(CO)=NCC(=O)c3ccc(CC(=O)CCCCCN4C(=O)C=CC4=O)cc3[N+](=O)[O-])NC(=O)[C@@H]3C[C@@H](O)CN3C(=O)[C@H](CC(N)=O)NC(=O)[C@H](CC(=O)CNC1=O)CS(=O)c1[nH]c3cc(O)ccc3c1C2. The molecule has 30 heteroatoms. The summed E-state index contributed by atoms with van der Waals surface area (Å²) in [6.07, 6.45) is -2.05. The number of benzene rings is 2. The number of primary amides is 1. The lowest BCUT2D eigenvalue weighted by atomic mass is 9.83. The molecule has 0 aliphatic carbocycles. The number of nitrogens with two attached hydrogens (primary N) is 1. The molecule has 1 unspecified atom stereocenters. The molecule has 7 rings (SSSR count). The van der Waals surface area contributed by atoms with E-state index in [4.69, 9.17) is 5.73 Å². The zero-order valence-electron chi connectivity index (χ0n) is 50.4. The normalized spacial score (nSPS) is 24.3. The molecule has 0 spiro atoms. The summed E-state index contributed by atoms with van der Waals surface area (Å²) in [4.78, 5) is 200. The maximum atomic E-state index is 15.4. The van der Waals surface area contributed by atoms with Crippen LogP contribution >= 0.6 is 0 Å². The van der Waals surface area contributed by atoms with Crippen molar-refractivity contribution in [3.8, 4) is 5.75 Å². The van der Waals surface area contributed by atoms with Gasteiger partial charge in [-0.25, -0.2) is 0 Å². The maximum Gasteiger partial charge on any atom is 0.280 e. The third kappa shape index (κ3) is 17.7. The Kier molecular flexibility index (Phi) is 23.8. The number of carbonyl (C=O) groups excluding carboxylic acids is 13. The smallest absolute Gasteiger partial charge is 0.280 e. The van der Waals surface area contributed by atoms with Gasteiger partial charge >= 0.3 is 0 Å². The first kappa shape index (κ1) is 69.4. The van der Waals surface area contributed by atoms with Crippen LogP contribution in [-0.4, -0.2) is 190 Å². The number of aromatic hydroxyl groups is 1. The number of rotatable bonds is 19. The lowest BCUT2D eigenvalue weighted by Gasteiger charge is -2.32. The second kappa shape index (κ2) is 31.1. The summed E-state index contributed by atoms with van der Waals surface area (Å²) >= 11 is 0. The average molecular weight is 1280 g/mol. The summed E-state index contributed by atoms with van der Waals surface area (Å²) in [7, 11) is -2.38. The molecule has 5 heterocycles. The lowest BCUT2D eigenvalue weighted by molar-refractivity contribution is -0.385. The Bertz CT molecular complexity index is 3510. The van der Waals surface area contributed by atoms with E-state index in [9.17, 15) is 87.2 Å². The highest BCUT2D eigenvalue weighted by Crippen LogP contribution is 2.34. The molecule has 10 atom stereocenters. The van der Waals surface area contributed by atoms with Gasteiger partial charge in [-0.15, -0.1) is 0 Å². The minimum absolute atomic E-state index is 0.0763. The first-order valence-corrected chi connectivity index (χ1v) is 31.2. The molecule has 3 aromatic rings. The second-order valence-electron chi connectivity index (χ2n) is 23.4. The number of aliphatic imine (C=N–C) groups is 1. The van der Waals surface area contributed by atoms with E-state index < -0.39 is 228 Å². The Labute approximate surface area is 523 Å². The van der Waals surface area contributed by atoms with Gasteiger partial charge in [-0.05, 0) is 54.5 Å². The summed E-state index contributed by atoms with van der Waals surface area (Å²) in [6.45, 7) is 1.71. The monoisotopic (exact) mass is 1280 g/mol. The standard InChI is InChI=1S/C61H74N10O19S/c1-4-31(2)55-59(86)64-26-38(75)20-35-30-91(90)60-42(40-12-10-37(74)23-43(40)66-60)21-34(48(77)13-14-52(81)67-55)22-49(78)56(68-58(85)47-24-39(76)28-70(47)61(87)44(25-51(62)80)65-57(35)84)32(3)45(29-72)63-27-50(79)41-11-9-33(19-46(41)71(88)89)18-36(73)8-6-5-7-17-69-53(82)15-16-54(69)83/h9-12,15-16,19,23,31-32,34-35,39,44,47,55-56,66,72,74,76H,4-8,13-14,17-18,20-22,24-30H2,1-3H3,(H2,62,80)(H,64,86)(H,65,84)(H,67,81)(H,68,85)/t31-,32-,34-,35-,39-,44+,47+,55+,56+,91?/m1/s1. The van der Waals surface area contributed by atoms with Gasteiger partial charge in [0.05, 0.1) is 64.4 Å². The van der Waals surface area contributed by atoms with Crippen molar-refractivity contribution in [2.45, 2.75) is 140 Å². The predicted octanol–water partition coefficient (Wildman–Crippen LogP) is -0.0377. The van der Waals surface area contributed by atoms with Gasteiger partial charge in [-0.1, -0.05) is 39.7 Å². The molecule has 8 amide bonds.